The lowest BCUT2D eigenvalue weighted by atomic mass is 10.1. The van der Waals surface area contributed by atoms with Crippen molar-refractivity contribution in [1.29, 1.82) is 0 Å². The molecule has 1 rings (SSSR count). The topological polar surface area (TPSA) is 62.5 Å². The quantitative estimate of drug-likeness (QED) is 0.772. The average molecular weight is 211 g/mol. The number of carbonyl (C=O) groups excluding carboxylic acids is 1. The number of aliphatic hydroxyl groups excluding tert-OH is 1. The van der Waals surface area contributed by atoms with Crippen LogP contribution in [0.15, 0.2) is 16.7 Å². The van der Waals surface area contributed by atoms with E-state index >= 15 is 0 Å². The summed E-state index contributed by atoms with van der Waals surface area (Å²) in [6.45, 7) is 4.51. The second-order valence-electron chi connectivity index (χ2n) is 3.77. The molecule has 1 heterocycles. The van der Waals surface area contributed by atoms with Gasteiger partial charge in [-0.2, -0.15) is 0 Å². The highest BCUT2D eigenvalue weighted by atomic mass is 16.3. The van der Waals surface area contributed by atoms with E-state index in [2.05, 4.69) is 5.32 Å². The number of aliphatic hydroxyl groups is 1. The van der Waals surface area contributed by atoms with Gasteiger partial charge in [-0.3, -0.25) is 4.79 Å². The van der Waals surface area contributed by atoms with Crippen molar-refractivity contribution >= 4 is 5.91 Å². The first-order valence-electron chi connectivity index (χ1n) is 5.07. The Morgan fingerprint density at radius 3 is 2.93 bits per heavy atom. The van der Waals surface area contributed by atoms with E-state index in [1.807, 2.05) is 6.92 Å². The lowest BCUT2D eigenvalue weighted by Crippen LogP contribution is -2.28. The molecule has 0 aromatic carbocycles. The summed E-state index contributed by atoms with van der Waals surface area (Å²) in [4.78, 5) is 11.5. The van der Waals surface area contributed by atoms with Gasteiger partial charge in [0.15, 0.2) is 0 Å². The van der Waals surface area contributed by atoms with Crippen molar-refractivity contribution in [3.05, 3.63) is 23.7 Å². The molecular formula is C11H17NO3. The first kappa shape index (κ1) is 11.8. The van der Waals surface area contributed by atoms with E-state index in [9.17, 15) is 4.79 Å². The highest BCUT2D eigenvalue weighted by molar-refractivity contribution is 5.93. The number of carbonyl (C=O) groups is 1. The molecule has 0 radical (unpaired) electrons. The van der Waals surface area contributed by atoms with Crippen molar-refractivity contribution in [2.45, 2.75) is 20.3 Å². The van der Waals surface area contributed by atoms with E-state index in [1.54, 1.807) is 13.0 Å². The minimum absolute atomic E-state index is 0.128. The van der Waals surface area contributed by atoms with E-state index in [0.29, 0.717) is 18.5 Å². The zero-order valence-electron chi connectivity index (χ0n) is 9.12. The predicted molar refractivity (Wildman–Crippen MR) is 56.6 cm³/mol. The Hall–Kier alpha value is -1.29. The molecule has 1 aromatic rings. The molecular weight excluding hydrogens is 194 g/mol. The van der Waals surface area contributed by atoms with Crippen LogP contribution >= 0.6 is 0 Å². The van der Waals surface area contributed by atoms with Gasteiger partial charge in [0.1, 0.15) is 12.0 Å². The summed E-state index contributed by atoms with van der Waals surface area (Å²) in [6.07, 6.45) is 2.14. The number of aryl methyl sites for hydroxylation is 1. The number of nitrogens with one attached hydrogen (secondary N) is 1. The maximum atomic E-state index is 11.5. The van der Waals surface area contributed by atoms with Crippen LogP contribution in [0.1, 0.15) is 29.5 Å². The molecule has 1 unspecified atom stereocenters. The summed E-state index contributed by atoms with van der Waals surface area (Å²) in [5, 5.41) is 11.5. The standard InChI is InChI=1S/C11H17NO3/c1-8(3-4-13)6-12-11(14)10-5-9(2)15-7-10/h5,7-8,13H,3-4,6H2,1-2H3,(H,12,14). The van der Waals surface area contributed by atoms with Crippen LogP contribution in [-0.4, -0.2) is 24.2 Å². The van der Waals surface area contributed by atoms with Crippen LogP contribution in [0.4, 0.5) is 0 Å². The molecule has 84 valence electrons. The number of furan rings is 1. The Balaban J connectivity index is 2.36. The van der Waals surface area contributed by atoms with E-state index in [-0.39, 0.29) is 18.4 Å². The molecule has 1 aromatic heterocycles. The molecule has 2 N–H and O–H groups in total. The van der Waals surface area contributed by atoms with Crippen LogP contribution in [0.2, 0.25) is 0 Å². The Labute approximate surface area is 89.3 Å². The summed E-state index contributed by atoms with van der Waals surface area (Å²) in [7, 11) is 0. The van der Waals surface area contributed by atoms with Crippen molar-refractivity contribution in [3.8, 4) is 0 Å². The summed E-state index contributed by atoms with van der Waals surface area (Å²) in [5.41, 5.74) is 0.545. The first-order valence-corrected chi connectivity index (χ1v) is 5.07. The summed E-state index contributed by atoms with van der Waals surface area (Å²) in [6, 6.07) is 1.70. The lowest BCUT2D eigenvalue weighted by molar-refractivity contribution is 0.0945. The molecule has 0 saturated heterocycles. The number of hydrogen-bond donors (Lipinski definition) is 2. The van der Waals surface area contributed by atoms with Gasteiger partial charge in [-0.25, -0.2) is 0 Å². The van der Waals surface area contributed by atoms with Crippen molar-refractivity contribution in [2.75, 3.05) is 13.2 Å². The van der Waals surface area contributed by atoms with Gasteiger partial charge in [0, 0.05) is 13.2 Å². The smallest absolute Gasteiger partial charge is 0.254 e. The molecule has 0 bridgehead atoms. The molecule has 0 aliphatic heterocycles. The van der Waals surface area contributed by atoms with Crippen LogP contribution in [-0.2, 0) is 0 Å². The maximum Gasteiger partial charge on any atom is 0.254 e. The monoisotopic (exact) mass is 211 g/mol. The van der Waals surface area contributed by atoms with Crippen LogP contribution < -0.4 is 5.32 Å². The molecule has 15 heavy (non-hydrogen) atoms. The molecule has 0 fully saturated rings. The maximum absolute atomic E-state index is 11.5. The molecule has 1 atom stereocenters. The normalized spacial score (nSPS) is 12.5. The van der Waals surface area contributed by atoms with Crippen LogP contribution in [0.5, 0.6) is 0 Å². The van der Waals surface area contributed by atoms with Crippen LogP contribution in [0.3, 0.4) is 0 Å². The van der Waals surface area contributed by atoms with Gasteiger partial charge < -0.3 is 14.8 Å². The molecule has 4 heteroatoms. The average Bonchev–Trinajstić information content (AvgIpc) is 2.62. The Morgan fingerprint density at radius 1 is 1.67 bits per heavy atom. The van der Waals surface area contributed by atoms with Gasteiger partial charge in [0.25, 0.3) is 5.91 Å². The zero-order valence-corrected chi connectivity index (χ0v) is 9.12. The number of amides is 1. The SMILES string of the molecule is Cc1cc(C(=O)NCC(C)CCO)co1. The Kier molecular flexibility index (Phi) is 4.37. The van der Waals surface area contributed by atoms with E-state index in [0.717, 1.165) is 5.76 Å². The minimum atomic E-state index is -0.128. The fourth-order valence-corrected chi connectivity index (χ4v) is 1.25. The molecule has 0 saturated carbocycles. The van der Waals surface area contributed by atoms with Gasteiger partial charge in [-0.15, -0.1) is 0 Å². The molecule has 0 aliphatic rings. The summed E-state index contributed by atoms with van der Waals surface area (Å²) >= 11 is 0. The lowest BCUT2D eigenvalue weighted by Gasteiger charge is -2.09. The van der Waals surface area contributed by atoms with Crippen molar-refractivity contribution in [1.82, 2.24) is 5.32 Å². The van der Waals surface area contributed by atoms with Crippen LogP contribution in [0.25, 0.3) is 0 Å². The third-order valence-corrected chi connectivity index (χ3v) is 2.23. The van der Waals surface area contributed by atoms with Gasteiger partial charge in [0.2, 0.25) is 0 Å². The summed E-state index contributed by atoms with van der Waals surface area (Å²) < 4.78 is 5.04. The fourth-order valence-electron chi connectivity index (χ4n) is 1.25. The van der Waals surface area contributed by atoms with E-state index in [4.69, 9.17) is 9.52 Å². The van der Waals surface area contributed by atoms with Crippen molar-refractivity contribution < 1.29 is 14.3 Å². The van der Waals surface area contributed by atoms with Crippen molar-refractivity contribution in [3.63, 3.8) is 0 Å². The molecule has 0 aliphatic carbocycles. The van der Waals surface area contributed by atoms with E-state index in [1.165, 1.54) is 6.26 Å². The number of rotatable bonds is 5. The Bertz CT molecular complexity index is 319. The van der Waals surface area contributed by atoms with Crippen LogP contribution in [0, 0.1) is 12.8 Å². The highest BCUT2D eigenvalue weighted by Gasteiger charge is 2.09. The first-order chi connectivity index (χ1) is 7.13. The predicted octanol–water partition coefficient (Wildman–Crippen LogP) is 1.34. The minimum Gasteiger partial charge on any atom is -0.469 e. The molecule has 1 amide bonds. The summed E-state index contributed by atoms with van der Waals surface area (Å²) in [5.74, 6) is 0.882. The molecule has 0 spiro atoms. The van der Waals surface area contributed by atoms with Gasteiger partial charge >= 0.3 is 0 Å². The second-order valence-corrected chi connectivity index (χ2v) is 3.77. The highest BCUT2D eigenvalue weighted by Crippen LogP contribution is 2.06. The van der Waals surface area contributed by atoms with Gasteiger partial charge in [-0.1, -0.05) is 6.92 Å². The number of hydrogen-bond acceptors (Lipinski definition) is 3. The Morgan fingerprint density at radius 2 is 2.40 bits per heavy atom. The third-order valence-electron chi connectivity index (χ3n) is 2.23. The zero-order chi connectivity index (χ0) is 11.3. The van der Waals surface area contributed by atoms with Crippen molar-refractivity contribution in [2.24, 2.45) is 5.92 Å². The van der Waals surface area contributed by atoms with Gasteiger partial charge in [0.05, 0.1) is 5.56 Å². The largest absolute Gasteiger partial charge is 0.469 e. The second kappa shape index (κ2) is 5.56. The molecule has 4 nitrogen and oxygen atoms in total. The van der Waals surface area contributed by atoms with E-state index < -0.39 is 0 Å². The third kappa shape index (κ3) is 3.75. The van der Waals surface area contributed by atoms with Gasteiger partial charge in [-0.05, 0) is 25.3 Å². The fraction of sp³-hybridized carbons (Fsp3) is 0.545.